The molecule has 1 aromatic rings. The number of ether oxygens (including phenoxy) is 1. The molecule has 1 atom stereocenters. The Morgan fingerprint density at radius 1 is 1.18 bits per heavy atom. The fourth-order valence-electron chi connectivity index (χ4n) is 2.10. The van der Waals surface area contributed by atoms with Crippen LogP contribution in [0.3, 0.4) is 0 Å². The van der Waals surface area contributed by atoms with Crippen molar-refractivity contribution >= 4 is 12.1 Å². The number of hydrogen-bond donors (Lipinski definition) is 3. The molecule has 0 fully saturated rings. The molecule has 0 aliphatic carbocycles. The third-order valence-electron chi connectivity index (χ3n) is 3.37. The number of carbonyl (C=O) groups is 2. The highest BCUT2D eigenvalue weighted by atomic mass is 16.6. The number of nitrogens with one attached hydrogen (secondary N) is 1. The van der Waals surface area contributed by atoms with Crippen molar-refractivity contribution in [3.63, 3.8) is 0 Å². The Bertz CT molecular complexity index is 532. The maximum Gasteiger partial charge on any atom is 0.407 e. The van der Waals surface area contributed by atoms with E-state index in [1.807, 2.05) is 0 Å². The van der Waals surface area contributed by atoms with E-state index in [4.69, 9.17) is 4.74 Å². The molecule has 6 nitrogen and oxygen atoms in total. The topological polar surface area (TPSA) is 95.9 Å². The summed E-state index contributed by atoms with van der Waals surface area (Å²) >= 11 is 0. The predicted octanol–water partition coefficient (Wildman–Crippen LogP) is 2.65. The first kappa shape index (κ1) is 17.8. The predicted molar refractivity (Wildman–Crippen MR) is 81.9 cm³/mol. The van der Waals surface area contributed by atoms with Crippen LogP contribution in [0.25, 0.3) is 0 Å². The maximum atomic E-state index is 11.8. The average Bonchev–Trinajstić information content (AvgIpc) is 2.39. The van der Waals surface area contributed by atoms with Gasteiger partial charge in [0.1, 0.15) is 16.8 Å². The highest BCUT2D eigenvalue weighted by molar-refractivity contribution is 5.82. The van der Waals surface area contributed by atoms with Crippen molar-refractivity contribution in [2.45, 2.75) is 45.1 Å². The van der Waals surface area contributed by atoms with Gasteiger partial charge in [-0.3, -0.25) is 4.79 Å². The standard InChI is InChI=1S/C16H23NO5/c1-5-16(13(19)20,11-6-8-12(18)9-7-11)10-17-14(21)22-15(2,3)4/h6-9,18H,5,10H2,1-4H3,(H,17,21)(H,19,20)/t16-/m0/s1. The van der Waals surface area contributed by atoms with Crippen LogP contribution in [0.1, 0.15) is 39.7 Å². The number of carboxylic acids is 1. The lowest BCUT2D eigenvalue weighted by atomic mass is 9.78. The molecular formula is C16H23NO5. The number of carbonyl (C=O) groups excluding carboxylic acids is 1. The lowest BCUT2D eigenvalue weighted by Gasteiger charge is -2.29. The fourth-order valence-corrected chi connectivity index (χ4v) is 2.10. The minimum atomic E-state index is -1.27. The molecule has 22 heavy (non-hydrogen) atoms. The number of aliphatic carboxylic acids is 1. The molecule has 0 heterocycles. The summed E-state index contributed by atoms with van der Waals surface area (Å²) in [5.74, 6) is -0.990. The zero-order chi connectivity index (χ0) is 17.0. The Hall–Kier alpha value is -2.24. The zero-order valence-corrected chi connectivity index (χ0v) is 13.3. The first-order valence-corrected chi connectivity index (χ1v) is 7.10. The Labute approximate surface area is 130 Å². The lowest BCUT2D eigenvalue weighted by molar-refractivity contribution is -0.143. The van der Waals surface area contributed by atoms with Gasteiger partial charge in [-0.15, -0.1) is 0 Å². The van der Waals surface area contributed by atoms with Gasteiger partial charge in [0.15, 0.2) is 0 Å². The molecule has 1 aromatic carbocycles. The first-order valence-electron chi connectivity index (χ1n) is 7.10. The highest BCUT2D eigenvalue weighted by Crippen LogP contribution is 2.29. The van der Waals surface area contributed by atoms with Crippen molar-refractivity contribution < 1.29 is 24.5 Å². The summed E-state index contributed by atoms with van der Waals surface area (Å²) in [7, 11) is 0. The van der Waals surface area contributed by atoms with E-state index in [0.717, 1.165) is 0 Å². The molecule has 1 amide bonds. The van der Waals surface area contributed by atoms with E-state index >= 15 is 0 Å². The summed E-state index contributed by atoms with van der Waals surface area (Å²) in [5, 5.41) is 21.5. The average molecular weight is 309 g/mol. The van der Waals surface area contributed by atoms with Gasteiger partial charge in [0.2, 0.25) is 0 Å². The van der Waals surface area contributed by atoms with E-state index in [1.54, 1.807) is 39.8 Å². The van der Waals surface area contributed by atoms with Crippen molar-refractivity contribution in [1.82, 2.24) is 5.32 Å². The first-order chi connectivity index (χ1) is 10.1. The third kappa shape index (κ3) is 4.38. The molecule has 0 saturated carbocycles. The number of benzene rings is 1. The van der Waals surface area contributed by atoms with Crippen molar-refractivity contribution in [3.8, 4) is 5.75 Å². The van der Waals surface area contributed by atoms with E-state index in [9.17, 15) is 19.8 Å². The van der Waals surface area contributed by atoms with Gasteiger partial charge in [-0.1, -0.05) is 19.1 Å². The van der Waals surface area contributed by atoms with E-state index in [0.29, 0.717) is 5.56 Å². The van der Waals surface area contributed by atoms with Gasteiger partial charge in [0.05, 0.1) is 0 Å². The van der Waals surface area contributed by atoms with Gasteiger partial charge >= 0.3 is 12.1 Å². The molecule has 3 N–H and O–H groups in total. The molecule has 122 valence electrons. The van der Waals surface area contributed by atoms with E-state index in [-0.39, 0.29) is 18.7 Å². The van der Waals surface area contributed by atoms with Crippen LogP contribution in [0.2, 0.25) is 0 Å². The van der Waals surface area contributed by atoms with Crippen molar-refractivity contribution in [2.24, 2.45) is 0 Å². The number of rotatable bonds is 5. The summed E-state index contributed by atoms with van der Waals surface area (Å²) < 4.78 is 5.13. The summed E-state index contributed by atoms with van der Waals surface area (Å²) in [6.07, 6.45) is -0.381. The molecule has 0 aliphatic rings. The van der Waals surface area contributed by atoms with Crippen LogP contribution in [-0.4, -0.2) is 34.4 Å². The molecule has 0 unspecified atom stereocenters. The normalized spacial score (nSPS) is 14.0. The van der Waals surface area contributed by atoms with E-state index in [2.05, 4.69) is 5.32 Å². The van der Waals surface area contributed by atoms with Gasteiger partial charge in [0, 0.05) is 6.54 Å². The van der Waals surface area contributed by atoms with Gasteiger partial charge in [0.25, 0.3) is 0 Å². The maximum absolute atomic E-state index is 11.8. The minimum absolute atomic E-state index is 0.0549. The SMILES string of the molecule is CC[C@@](CNC(=O)OC(C)(C)C)(C(=O)O)c1ccc(O)cc1. The molecule has 0 bridgehead atoms. The molecule has 0 saturated heterocycles. The smallest absolute Gasteiger partial charge is 0.407 e. The van der Waals surface area contributed by atoms with E-state index in [1.165, 1.54) is 12.1 Å². The van der Waals surface area contributed by atoms with Crippen LogP contribution < -0.4 is 5.32 Å². The summed E-state index contributed by atoms with van der Waals surface area (Å²) in [4.78, 5) is 23.5. The van der Waals surface area contributed by atoms with Crippen LogP contribution in [0, 0.1) is 0 Å². The van der Waals surface area contributed by atoms with Crippen molar-refractivity contribution in [3.05, 3.63) is 29.8 Å². The lowest BCUT2D eigenvalue weighted by Crippen LogP contribution is -2.47. The van der Waals surface area contributed by atoms with Crippen molar-refractivity contribution in [1.29, 1.82) is 0 Å². The van der Waals surface area contributed by atoms with E-state index < -0.39 is 23.1 Å². The number of phenols is 1. The summed E-state index contributed by atoms with van der Waals surface area (Å²) in [5.41, 5.74) is -1.41. The fraction of sp³-hybridized carbons (Fsp3) is 0.500. The summed E-state index contributed by atoms with van der Waals surface area (Å²) in [6, 6.07) is 5.94. The minimum Gasteiger partial charge on any atom is -0.508 e. The van der Waals surface area contributed by atoms with Crippen LogP contribution in [-0.2, 0) is 14.9 Å². The summed E-state index contributed by atoms with van der Waals surface area (Å²) in [6.45, 7) is 6.83. The Balaban J connectivity index is 2.96. The monoisotopic (exact) mass is 309 g/mol. The van der Waals surface area contributed by atoms with Gasteiger partial charge in [-0.25, -0.2) is 4.79 Å². The van der Waals surface area contributed by atoms with Crippen LogP contribution in [0.5, 0.6) is 5.75 Å². The van der Waals surface area contributed by atoms with Crippen molar-refractivity contribution in [2.75, 3.05) is 6.54 Å². The van der Waals surface area contributed by atoms with Gasteiger partial charge in [-0.05, 0) is 44.9 Å². The number of amides is 1. The molecule has 6 heteroatoms. The number of hydrogen-bond acceptors (Lipinski definition) is 4. The molecule has 0 aromatic heterocycles. The molecule has 0 radical (unpaired) electrons. The quantitative estimate of drug-likeness (QED) is 0.777. The van der Waals surface area contributed by atoms with Crippen LogP contribution in [0.15, 0.2) is 24.3 Å². The second-order valence-electron chi connectivity index (χ2n) is 6.14. The van der Waals surface area contributed by atoms with Crippen LogP contribution >= 0.6 is 0 Å². The molecular weight excluding hydrogens is 286 g/mol. The zero-order valence-electron chi connectivity index (χ0n) is 13.3. The number of alkyl carbamates (subject to hydrolysis) is 1. The molecule has 1 rings (SSSR count). The Morgan fingerprint density at radius 3 is 2.14 bits per heavy atom. The Kier molecular flexibility index (Phi) is 5.41. The number of phenolic OH excluding ortho intramolecular Hbond substituents is 1. The second kappa shape index (κ2) is 6.68. The third-order valence-corrected chi connectivity index (χ3v) is 3.37. The Morgan fingerprint density at radius 2 is 1.73 bits per heavy atom. The highest BCUT2D eigenvalue weighted by Gasteiger charge is 2.39. The largest absolute Gasteiger partial charge is 0.508 e. The molecule has 0 aliphatic heterocycles. The van der Waals surface area contributed by atoms with Gasteiger partial charge in [-0.2, -0.15) is 0 Å². The van der Waals surface area contributed by atoms with Gasteiger partial charge < -0.3 is 20.3 Å². The second-order valence-corrected chi connectivity index (χ2v) is 6.14. The number of aromatic hydroxyl groups is 1. The molecule has 0 spiro atoms. The number of carboxylic acid groups (broad SMARTS) is 1. The van der Waals surface area contributed by atoms with Crippen LogP contribution in [0.4, 0.5) is 4.79 Å².